The molecule has 31 heavy (non-hydrogen) atoms. The van der Waals surface area contributed by atoms with Gasteiger partial charge in [0.25, 0.3) is 0 Å². The number of benzene rings is 3. The van der Waals surface area contributed by atoms with Gasteiger partial charge < -0.3 is 21.1 Å². The third-order valence-electron chi connectivity index (χ3n) is 5.67. The molecule has 5 heteroatoms. The number of nitrogens with two attached hydrogens (primary N) is 1. The zero-order chi connectivity index (χ0) is 21.6. The van der Waals surface area contributed by atoms with E-state index < -0.39 is 0 Å². The maximum atomic E-state index is 5.96. The van der Waals surface area contributed by atoms with Crippen molar-refractivity contribution in [3.63, 3.8) is 0 Å². The molecule has 2 atom stereocenters. The molecule has 0 aliphatic carbocycles. The third kappa shape index (κ3) is 5.32. The SMILES string of the molecule is Cc1ccccc1CNCC(NCc1ccc2c(c1)N=C(N)C(C)O2)c1ccccc1. The van der Waals surface area contributed by atoms with Gasteiger partial charge in [0, 0.05) is 25.7 Å². The fourth-order valence-electron chi connectivity index (χ4n) is 3.73. The Morgan fingerprint density at radius 1 is 1.00 bits per heavy atom. The van der Waals surface area contributed by atoms with Gasteiger partial charge in [0.05, 0.1) is 0 Å². The molecule has 4 N–H and O–H groups in total. The van der Waals surface area contributed by atoms with Crippen molar-refractivity contribution >= 4 is 11.5 Å². The first-order chi connectivity index (χ1) is 15.1. The van der Waals surface area contributed by atoms with Gasteiger partial charge in [-0.05, 0) is 48.2 Å². The van der Waals surface area contributed by atoms with Gasteiger partial charge in [0.2, 0.25) is 0 Å². The van der Waals surface area contributed by atoms with Crippen LogP contribution in [0.4, 0.5) is 5.69 Å². The minimum atomic E-state index is -0.182. The average Bonchev–Trinajstić information content (AvgIpc) is 2.78. The number of nitrogens with one attached hydrogen (secondary N) is 2. The molecule has 1 heterocycles. The van der Waals surface area contributed by atoms with E-state index in [2.05, 4.69) is 77.1 Å². The predicted molar refractivity (Wildman–Crippen MR) is 127 cm³/mol. The Morgan fingerprint density at radius 3 is 2.58 bits per heavy atom. The molecule has 0 amide bonds. The molecule has 0 bridgehead atoms. The smallest absolute Gasteiger partial charge is 0.153 e. The molecular formula is C26H30N4O. The van der Waals surface area contributed by atoms with E-state index in [1.54, 1.807) is 0 Å². The minimum Gasteiger partial charge on any atom is -0.481 e. The summed E-state index contributed by atoms with van der Waals surface area (Å²) in [6.45, 7) is 6.46. The monoisotopic (exact) mass is 414 g/mol. The highest BCUT2D eigenvalue weighted by molar-refractivity contribution is 5.89. The highest BCUT2D eigenvalue weighted by atomic mass is 16.5. The molecule has 160 valence electrons. The molecule has 0 spiro atoms. The first-order valence-electron chi connectivity index (χ1n) is 10.8. The fraction of sp³-hybridized carbons (Fsp3) is 0.269. The molecule has 1 aliphatic rings. The molecule has 5 nitrogen and oxygen atoms in total. The largest absolute Gasteiger partial charge is 0.481 e. The number of ether oxygens (including phenoxy) is 1. The van der Waals surface area contributed by atoms with E-state index in [1.165, 1.54) is 16.7 Å². The lowest BCUT2D eigenvalue weighted by Gasteiger charge is -2.23. The Bertz CT molecular complexity index is 1050. The molecule has 0 saturated heterocycles. The summed E-state index contributed by atoms with van der Waals surface area (Å²) in [6.07, 6.45) is -0.182. The summed E-state index contributed by atoms with van der Waals surface area (Å²) in [5, 5.41) is 7.31. The lowest BCUT2D eigenvalue weighted by molar-refractivity contribution is 0.281. The molecule has 0 saturated carbocycles. The van der Waals surface area contributed by atoms with Crippen molar-refractivity contribution in [1.82, 2.24) is 10.6 Å². The minimum absolute atomic E-state index is 0.182. The molecule has 0 aromatic heterocycles. The summed E-state index contributed by atoms with van der Waals surface area (Å²) in [5.74, 6) is 1.30. The molecule has 0 fully saturated rings. The van der Waals surface area contributed by atoms with Gasteiger partial charge in [0.1, 0.15) is 17.3 Å². The van der Waals surface area contributed by atoms with Crippen molar-refractivity contribution in [2.24, 2.45) is 10.7 Å². The van der Waals surface area contributed by atoms with Crippen molar-refractivity contribution in [1.29, 1.82) is 0 Å². The lowest BCUT2D eigenvalue weighted by Crippen LogP contribution is -2.33. The van der Waals surface area contributed by atoms with Crippen LogP contribution in [-0.4, -0.2) is 18.5 Å². The van der Waals surface area contributed by atoms with E-state index in [-0.39, 0.29) is 12.1 Å². The number of hydrogen-bond acceptors (Lipinski definition) is 5. The second kappa shape index (κ2) is 9.77. The Balaban J connectivity index is 1.42. The highest BCUT2D eigenvalue weighted by Crippen LogP contribution is 2.32. The number of fused-ring (bicyclic) bond motifs is 1. The second-order valence-electron chi connectivity index (χ2n) is 8.00. The van der Waals surface area contributed by atoms with Crippen molar-refractivity contribution in [3.8, 4) is 5.75 Å². The van der Waals surface area contributed by atoms with Gasteiger partial charge in [-0.25, -0.2) is 4.99 Å². The summed E-state index contributed by atoms with van der Waals surface area (Å²) in [5.41, 5.74) is 11.8. The van der Waals surface area contributed by atoms with Crippen molar-refractivity contribution < 1.29 is 4.74 Å². The summed E-state index contributed by atoms with van der Waals surface area (Å²) >= 11 is 0. The third-order valence-corrected chi connectivity index (χ3v) is 5.67. The molecular weight excluding hydrogens is 384 g/mol. The van der Waals surface area contributed by atoms with Crippen molar-refractivity contribution in [2.45, 2.75) is 39.1 Å². The maximum Gasteiger partial charge on any atom is 0.153 e. The van der Waals surface area contributed by atoms with Crippen LogP contribution in [0.3, 0.4) is 0 Å². The Hall–Kier alpha value is -3.15. The van der Waals surface area contributed by atoms with Crippen LogP contribution >= 0.6 is 0 Å². The first-order valence-corrected chi connectivity index (χ1v) is 10.8. The van der Waals surface area contributed by atoms with Crippen LogP contribution in [0.25, 0.3) is 0 Å². The topological polar surface area (TPSA) is 71.7 Å². The van der Waals surface area contributed by atoms with Crippen LogP contribution in [0, 0.1) is 6.92 Å². The number of nitrogens with zero attached hydrogens (tertiary/aromatic N) is 1. The standard InChI is InChI=1S/C26H30N4O/c1-18-8-6-7-11-22(18)16-28-17-24(21-9-4-3-5-10-21)29-15-20-12-13-25-23(14-20)30-26(27)19(2)31-25/h3-14,19,24,28-29H,15-17H2,1-2H3,(H2,27,30). The van der Waals surface area contributed by atoms with Gasteiger partial charge in [-0.15, -0.1) is 0 Å². The van der Waals surface area contributed by atoms with Crippen molar-refractivity contribution in [3.05, 3.63) is 95.1 Å². The molecule has 3 aromatic rings. The molecule has 1 aliphatic heterocycles. The highest BCUT2D eigenvalue weighted by Gasteiger charge is 2.18. The van der Waals surface area contributed by atoms with Gasteiger partial charge in [0.15, 0.2) is 6.10 Å². The number of aryl methyl sites for hydroxylation is 1. The normalized spacial score (nSPS) is 16.2. The van der Waals surface area contributed by atoms with Crippen LogP contribution in [0.1, 0.15) is 35.2 Å². The average molecular weight is 415 g/mol. The molecule has 4 rings (SSSR count). The van der Waals surface area contributed by atoms with Gasteiger partial charge in [-0.1, -0.05) is 60.7 Å². The zero-order valence-corrected chi connectivity index (χ0v) is 18.1. The number of aliphatic imine (C=N–C) groups is 1. The van der Waals surface area contributed by atoms with E-state index >= 15 is 0 Å². The number of amidine groups is 1. The van der Waals surface area contributed by atoms with Crippen LogP contribution in [0.15, 0.2) is 77.8 Å². The van der Waals surface area contributed by atoms with Crippen molar-refractivity contribution in [2.75, 3.05) is 6.54 Å². The quantitative estimate of drug-likeness (QED) is 0.511. The Kier molecular flexibility index (Phi) is 6.65. The summed E-state index contributed by atoms with van der Waals surface area (Å²) in [7, 11) is 0. The molecule has 3 aromatic carbocycles. The number of hydrogen-bond donors (Lipinski definition) is 3. The van der Waals surface area contributed by atoms with E-state index in [4.69, 9.17) is 10.5 Å². The van der Waals surface area contributed by atoms with Crippen LogP contribution in [-0.2, 0) is 13.1 Å². The zero-order valence-electron chi connectivity index (χ0n) is 18.1. The summed E-state index contributed by atoms with van der Waals surface area (Å²) < 4.78 is 5.81. The Morgan fingerprint density at radius 2 is 1.77 bits per heavy atom. The predicted octanol–water partition coefficient (Wildman–Crippen LogP) is 4.39. The Labute approximate surface area is 184 Å². The lowest BCUT2D eigenvalue weighted by atomic mass is 10.1. The van der Waals surface area contributed by atoms with E-state index in [0.717, 1.165) is 36.6 Å². The number of rotatable bonds is 8. The fourth-order valence-corrected chi connectivity index (χ4v) is 3.73. The van der Waals surface area contributed by atoms with E-state index in [1.807, 2.05) is 25.1 Å². The maximum absolute atomic E-state index is 5.96. The van der Waals surface area contributed by atoms with Crippen LogP contribution < -0.4 is 21.1 Å². The molecule has 2 unspecified atom stereocenters. The van der Waals surface area contributed by atoms with Gasteiger partial charge in [-0.3, -0.25) is 0 Å². The van der Waals surface area contributed by atoms with E-state index in [0.29, 0.717) is 5.84 Å². The first kappa shape index (κ1) is 21.1. The second-order valence-corrected chi connectivity index (χ2v) is 8.00. The summed E-state index contributed by atoms with van der Waals surface area (Å²) in [6, 6.07) is 25.3. The van der Waals surface area contributed by atoms with Crippen LogP contribution in [0.2, 0.25) is 0 Å². The van der Waals surface area contributed by atoms with Crippen LogP contribution in [0.5, 0.6) is 5.75 Å². The van der Waals surface area contributed by atoms with Gasteiger partial charge in [-0.2, -0.15) is 0 Å². The summed E-state index contributed by atoms with van der Waals surface area (Å²) in [4.78, 5) is 4.49. The van der Waals surface area contributed by atoms with Gasteiger partial charge >= 0.3 is 0 Å². The van der Waals surface area contributed by atoms with E-state index in [9.17, 15) is 0 Å². The molecule has 0 radical (unpaired) electrons.